The fourth-order valence-electron chi connectivity index (χ4n) is 5.78. The van der Waals surface area contributed by atoms with Gasteiger partial charge in [-0.1, -0.05) is 32.3 Å². The number of hydrogen-bond donors (Lipinski definition) is 3. The summed E-state index contributed by atoms with van der Waals surface area (Å²) in [5.74, 6) is 0.458. The third-order valence-corrected chi connectivity index (χ3v) is 8.20. The summed E-state index contributed by atoms with van der Waals surface area (Å²) in [6, 6.07) is 7.89. The maximum absolute atomic E-state index is 13.7. The van der Waals surface area contributed by atoms with Crippen molar-refractivity contribution in [3.05, 3.63) is 53.6 Å². The minimum atomic E-state index is -4.48. The number of likely N-dealkylation sites (N-methyl/N-ethyl adjacent to an activating group) is 1. The normalized spacial score (nSPS) is 20.8. The second-order valence-electron chi connectivity index (χ2n) is 11.7. The van der Waals surface area contributed by atoms with Crippen molar-refractivity contribution < 1.29 is 32.6 Å². The van der Waals surface area contributed by atoms with E-state index in [9.17, 15) is 27.9 Å². The van der Waals surface area contributed by atoms with Crippen LogP contribution >= 0.6 is 0 Å². The maximum Gasteiger partial charge on any atom is 0.416 e. The second-order valence-corrected chi connectivity index (χ2v) is 11.7. The number of rotatable bonds is 8. The van der Waals surface area contributed by atoms with Gasteiger partial charge in [0.05, 0.1) is 29.5 Å². The fraction of sp³-hybridized carbons (Fsp3) is 0.548. The van der Waals surface area contributed by atoms with Crippen LogP contribution in [0, 0.1) is 11.8 Å². The fourth-order valence-corrected chi connectivity index (χ4v) is 5.78. The van der Waals surface area contributed by atoms with Crippen LogP contribution in [0.2, 0.25) is 0 Å². The smallest absolute Gasteiger partial charge is 0.416 e. The molecule has 42 heavy (non-hydrogen) atoms. The molecule has 1 aliphatic carbocycles. The summed E-state index contributed by atoms with van der Waals surface area (Å²) in [5.41, 5.74) is -0.124. The lowest BCUT2D eigenvalue weighted by atomic mass is 9.89. The zero-order valence-electron chi connectivity index (χ0n) is 24.4. The van der Waals surface area contributed by atoms with Crippen LogP contribution in [0.3, 0.4) is 0 Å². The average molecular weight is 591 g/mol. The molecule has 0 spiro atoms. The Balaban J connectivity index is 1.58. The largest absolute Gasteiger partial charge is 0.486 e. The number of urea groups is 1. The van der Waals surface area contributed by atoms with Gasteiger partial charge in [0.2, 0.25) is 0 Å². The minimum Gasteiger partial charge on any atom is -0.486 e. The van der Waals surface area contributed by atoms with Crippen LogP contribution in [-0.4, -0.2) is 72.3 Å². The molecule has 3 N–H and O–H groups in total. The summed E-state index contributed by atoms with van der Waals surface area (Å²) in [6.45, 7) is 5.56. The number of nitrogens with zero attached hydrogens (tertiary/aromatic N) is 2. The van der Waals surface area contributed by atoms with Gasteiger partial charge in [0.1, 0.15) is 6.10 Å². The number of fused-ring (bicyclic) bond motifs is 1. The minimum absolute atomic E-state index is 0.0843. The topological polar surface area (TPSA) is 94.1 Å². The summed E-state index contributed by atoms with van der Waals surface area (Å²) in [4.78, 5) is 30.5. The van der Waals surface area contributed by atoms with Crippen LogP contribution in [0.15, 0.2) is 42.5 Å². The van der Waals surface area contributed by atoms with E-state index >= 15 is 0 Å². The van der Waals surface area contributed by atoms with Crippen molar-refractivity contribution in [2.75, 3.05) is 43.9 Å². The van der Waals surface area contributed by atoms with Crippen LogP contribution in [0.5, 0.6) is 5.75 Å². The number of benzene rings is 2. The van der Waals surface area contributed by atoms with Crippen LogP contribution in [0.25, 0.3) is 0 Å². The predicted molar refractivity (Wildman–Crippen MR) is 156 cm³/mol. The molecule has 2 aromatic rings. The summed E-state index contributed by atoms with van der Waals surface area (Å²) >= 11 is 0. The number of halogens is 3. The van der Waals surface area contributed by atoms with E-state index in [0.717, 1.165) is 18.7 Å². The predicted octanol–water partition coefficient (Wildman–Crippen LogP) is 6.08. The molecule has 3 atom stereocenters. The van der Waals surface area contributed by atoms with Crippen LogP contribution < -0.4 is 15.4 Å². The van der Waals surface area contributed by atoms with E-state index < -0.39 is 23.8 Å². The van der Waals surface area contributed by atoms with E-state index in [0.29, 0.717) is 19.0 Å². The Hall–Kier alpha value is -3.31. The number of ether oxygens (including phenoxy) is 1. The van der Waals surface area contributed by atoms with E-state index in [1.165, 1.54) is 44.2 Å². The van der Waals surface area contributed by atoms with Gasteiger partial charge in [-0.15, -0.1) is 0 Å². The van der Waals surface area contributed by atoms with Gasteiger partial charge < -0.3 is 30.3 Å². The molecule has 0 saturated heterocycles. The Kier molecular flexibility index (Phi) is 10.4. The third-order valence-electron chi connectivity index (χ3n) is 8.20. The van der Waals surface area contributed by atoms with Crippen molar-refractivity contribution >= 4 is 23.3 Å². The van der Waals surface area contributed by atoms with Crippen LogP contribution in [-0.2, 0) is 6.18 Å². The van der Waals surface area contributed by atoms with Gasteiger partial charge in [0.15, 0.2) is 5.75 Å². The molecular weight excluding hydrogens is 549 g/mol. The number of carbonyl (C=O) groups excluding carboxylic acids is 2. The van der Waals surface area contributed by atoms with Crippen LogP contribution in [0.4, 0.5) is 29.3 Å². The molecule has 0 aromatic heterocycles. The molecule has 230 valence electrons. The number of hydrogen-bond acceptors (Lipinski definition) is 5. The van der Waals surface area contributed by atoms with Gasteiger partial charge in [0.25, 0.3) is 5.91 Å². The van der Waals surface area contributed by atoms with Crippen molar-refractivity contribution in [1.29, 1.82) is 0 Å². The van der Waals surface area contributed by atoms with Crippen molar-refractivity contribution in [2.45, 2.75) is 64.3 Å². The summed E-state index contributed by atoms with van der Waals surface area (Å²) < 4.78 is 45.3. The average Bonchev–Trinajstić information content (AvgIpc) is 2.95. The molecule has 1 heterocycles. The lowest BCUT2D eigenvalue weighted by molar-refractivity contribution is -0.137. The van der Waals surface area contributed by atoms with Crippen molar-refractivity contribution in [2.24, 2.45) is 11.8 Å². The number of carbonyl (C=O) groups is 2. The highest BCUT2D eigenvalue weighted by atomic mass is 19.4. The monoisotopic (exact) mass is 590 g/mol. The zero-order valence-corrected chi connectivity index (χ0v) is 24.4. The van der Waals surface area contributed by atoms with Gasteiger partial charge in [-0.25, -0.2) is 4.79 Å². The zero-order chi connectivity index (χ0) is 30.4. The van der Waals surface area contributed by atoms with E-state index in [1.807, 2.05) is 6.92 Å². The first-order valence-corrected chi connectivity index (χ1v) is 14.6. The number of amides is 3. The molecule has 2 aromatic carbocycles. The highest BCUT2D eigenvalue weighted by molar-refractivity contribution is 6.04. The summed E-state index contributed by atoms with van der Waals surface area (Å²) in [5, 5.41) is 15.2. The van der Waals surface area contributed by atoms with E-state index in [4.69, 9.17) is 4.74 Å². The van der Waals surface area contributed by atoms with Crippen molar-refractivity contribution in [1.82, 2.24) is 9.80 Å². The molecule has 3 amide bonds. The Labute approximate surface area is 245 Å². The number of anilines is 2. The molecule has 1 aliphatic heterocycles. The first kappa shape index (κ1) is 31.6. The van der Waals surface area contributed by atoms with Gasteiger partial charge in [-0.2, -0.15) is 13.2 Å². The Morgan fingerprint density at radius 1 is 1.10 bits per heavy atom. The van der Waals surface area contributed by atoms with E-state index in [1.54, 1.807) is 30.0 Å². The molecule has 0 radical (unpaired) electrons. The van der Waals surface area contributed by atoms with Gasteiger partial charge in [-0.05, 0) is 69.1 Å². The lowest BCUT2D eigenvalue weighted by Gasteiger charge is -2.39. The van der Waals surface area contributed by atoms with E-state index in [-0.39, 0.29) is 47.2 Å². The molecule has 1 saturated carbocycles. The highest BCUT2D eigenvalue weighted by Gasteiger charge is 2.35. The number of alkyl halides is 3. The van der Waals surface area contributed by atoms with Crippen molar-refractivity contribution in [3.63, 3.8) is 0 Å². The number of para-hydroxylation sites is 1. The number of aliphatic hydroxyl groups is 1. The molecule has 8 nitrogen and oxygen atoms in total. The Morgan fingerprint density at radius 2 is 1.79 bits per heavy atom. The second kappa shape index (κ2) is 13.8. The summed E-state index contributed by atoms with van der Waals surface area (Å²) in [6.07, 6.45) is 1.42. The first-order chi connectivity index (χ1) is 20.0. The molecule has 11 heteroatoms. The molecule has 4 rings (SSSR count). The molecule has 0 unspecified atom stereocenters. The Morgan fingerprint density at radius 3 is 2.43 bits per heavy atom. The SMILES string of the molecule is C[C@@H]1CN([C@H](C)CO)C(=O)c2cccc(NC(=O)Nc3ccc(C(F)(F)F)cc3)c2O[C@H]1CN(C)CC1CCCCC1. The highest BCUT2D eigenvalue weighted by Crippen LogP contribution is 2.36. The third kappa shape index (κ3) is 7.95. The standard InChI is InChI=1S/C31H41F3N4O4/c1-20-16-38(21(2)19-39)29(40)25-10-7-11-26(36-30(41)35-24-14-12-23(13-15-24)31(32,33)34)28(25)42-27(20)18-37(3)17-22-8-5-4-6-9-22/h7,10-15,20-22,27,39H,4-6,8-9,16-19H2,1-3H3,(H2,35,36,41)/t20-,21-,27+/m1/s1. The van der Waals surface area contributed by atoms with Gasteiger partial charge in [0, 0.05) is 31.2 Å². The first-order valence-electron chi connectivity index (χ1n) is 14.6. The quantitative estimate of drug-likeness (QED) is 0.347. The van der Waals surface area contributed by atoms with Crippen molar-refractivity contribution in [3.8, 4) is 5.75 Å². The lowest BCUT2D eigenvalue weighted by Crippen LogP contribution is -2.50. The number of nitrogens with one attached hydrogen (secondary N) is 2. The number of aliphatic hydroxyl groups excluding tert-OH is 1. The molecule has 1 fully saturated rings. The van der Waals surface area contributed by atoms with Crippen LogP contribution in [0.1, 0.15) is 61.9 Å². The Bertz CT molecular complexity index is 1220. The maximum atomic E-state index is 13.7. The molecular formula is C31H41F3N4O4. The van der Waals surface area contributed by atoms with Gasteiger partial charge in [-0.3, -0.25) is 4.79 Å². The van der Waals surface area contributed by atoms with E-state index in [2.05, 4.69) is 22.6 Å². The summed E-state index contributed by atoms with van der Waals surface area (Å²) in [7, 11) is 2.07. The molecule has 2 aliphatic rings. The molecule has 0 bridgehead atoms. The van der Waals surface area contributed by atoms with Gasteiger partial charge >= 0.3 is 12.2 Å².